The highest BCUT2D eigenvalue weighted by Crippen LogP contribution is 2.48. The third-order valence-electron chi connectivity index (χ3n) is 3.51. The van der Waals surface area contributed by atoms with Crippen LogP contribution in [0.4, 0.5) is 13.2 Å². The number of rotatable bonds is 4. The molecule has 1 aliphatic carbocycles. The molecule has 6 heteroatoms. The van der Waals surface area contributed by atoms with Crippen LogP contribution >= 0.6 is 0 Å². The topological polar surface area (TPSA) is 55.1 Å². The van der Waals surface area contributed by atoms with E-state index in [4.69, 9.17) is 5.73 Å². The van der Waals surface area contributed by atoms with Crippen LogP contribution in [-0.2, 0) is 11.0 Å². The number of nitrogens with one attached hydrogen (secondary N) is 1. The molecule has 0 aliphatic heterocycles. The van der Waals surface area contributed by atoms with Gasteiger partial charge < -0.3 is 11.1 Å². The first-order valence-corrected chi connectivity index (χ1v) is 6.50. The third kappa shape index (κ3) is 3.30. The SMILES string of the molecule is C[C@@H](CN)NC(=O)C1CC1c1cccc(C(F)(F)F)c1. The minimum Gasteiger partial charge on any atom is -0.352 e. The van der Waals surface area contributed by atoms with E-state index in [9.17, 15) is 18.0 Å². The molecule has 1 saturated carbocycles. The van der Waals surface area contributed by atoms with Crippen molar-refractivity contribution in [3.63, 3.8) is 0 Å². The predicted molar refractivity (Wildman–Crippen MR) is 69.0 cm³/mol. The van der Waals surface area contributed by atoms with Gasteiger partial charge in [-0.2, -0.15) is 13.2 Å². The fourth-order valence-corrected chi connectivity index (χ4v) is 2.21. The van der Waals surface area contributed by atoms with Crippen molar-refractivity contribution in [3.05, 3.63) is 35.4 Å². The molecule has 0 spiro atoms. The maximum Gasteiger partial charge on any atom is 0.416 e. The van der Waals surface area contributed by atoms with Crippen LogP contribution < -0.4 is 11.1 Å². The van der Waals surface area contributed by atoms with Crippen LogP contribution in [0, 0.1) is 5.92 Å². The van der Waals surface area contributed by atoms with Crippen molar-refractivity contribution in [2.24, 2.45) is 11.7 Å². The summed E-state index contributed by atoms with van der Waals surface area (Å²) in [6.45, 7) is 2.13. The number of alkyl halides is 3. The maximum atomic E-state index is 12.6. The van der Waals surface area contributed by atoms with Crippen molar-refractivity contribution in [1.29, 1.82) is 0 Å². The summed E-state index contributed by atoms with van der Waals surface area (Å²) in [4.78, 5) is 11.9. The highest BCUT2D eigenvalue weighted by molar-refractivity contribution is 5.83. The quantitative estimate of drug-likeness (QED) is 0.892. The zero-order valence-corrected chi connectivity index (χ0v) is 11.1. The molecule has 3 nitrogen and oxygen atoms in total. The molecule has 1 aliphatic rings. The number of halogens is 3. The Labute approximate surface area is 115 Å². The lowest BCUT2D eigenvalue weighted by Crippen LogP contribution is -2.38. The van der Waals surface area contributed by atoms with Crippen molar-refractivity contribution in [2.45, 2.75) is 31.5 Å². The first-order chi connectivity index (χ1) is 9.32. The van der Waals surface area contributed by atoms with Gasteiger partial charge in [-0.15, -0.1) is 0 Å². The monoisotopic (exact) mass is 286 g/mol. The van der Waals surface area contributed by atoms with Crippen molar-refractivity contribution in [3.8, 4) is 0 Å². The summed E-state index contributed by atoms with van der Waals surface area (Å²) in [5.41, 5.74) is 5.31. The molecule has 2 rings (SSSR count). The molecule has 2 unspecified atom stereocenters. The number of carbonyl (C=O) groups excluding carboxylic acids is 1. The molecule has 110 valence electrons. The molecular formula is C14H17F3N2O. The van der Waals surface area contributed by atoms with Gasteiger partial charge in [-0.1, -0.05) is 18.2 Å². The summed E-state index contributed by atoms with van der Waals surface area (Å²) in [6, 6.07) is 5.07. The van der Waals surface area contributed by atoms with Crippen LogP contribution in [0.3, 0.4) is 0 Å². The summed E-state index contributed by atoms with van der Waals surface area (Å²) in [5.74, 6) is -0.500. The average Bonchev–Trinajstić information content (AvgIpc) is 3.18. The van der Waals surface area contributed by atoms with Crippen molar-refractivity contribution in [2.75, 3.05) is 6.54 Å². The fourth-order valence-electron chi connectivity index (χ4n) is 2.21. The van der Waals surface area contributed by atoms with Gasteiger partial charge in [0.2, 0.25) is 5.91 Å². The van der Waals surface area contributed by atoms with Crippen LogP contribution in [-0.4, -0.2) is 18.5 Å². The molecule has 3 atom stereocenters. The number of hydrogen-bond acceptors (Lipinski definition) is 2. The molecule has 3 N–H and O–H groups in total. The van der Waals surface area contributed by atoms with Gasteiger partial charge >= 0.3 is 6.18 Å². The van der Waals surface area contributed by atoms with Crippen LogP contribution in [0.2, 0.25) is 0 Å². The van der Waals surface area contributed by atoms with E-state index >= 15 is 0 Å². The molecule has 0 bridgehead atoms. The van der Waals surface area contributed by atoms with Gasteiger partial charge in [0.1, 0.15) is 0 Å². The summed E-state index contributed by atoms with van der Waals surface area (Å²) >= 11 is 0. The van der Waals surface area contributed by atoms with E-state index in [-0.39, 0.29) is 23.8 Å². The highest BCUT2D eigenvalue weighted by atomic mass is 19.4. The molecule has 1 amide bonds. The van der Waals surface area contributed by atoms with Gasteiger partial charge in [0.25, 0.3) is 0 Å². The van der Waals surface area contributed by atoms with Crippen molar-refractivity contribution < 1.29 is 18.0 Å². The Morgan fingerprint density at radius 3 is 2.80 bits per heavy atom. The number of carbonyl (C=O) groups is 1. The normalized spacial score (nSPS) is 23.2. The molecule has 0 aromatic heterocycles. The number of benzene rings is 1. The Morgan fingerprint density at radius 2 is 2.20 bits per heavy atom. The average molecular weight is 286 g/mol. The predicted octanol–water partition coefficient (Wildman–Crippen LogP) is 2.27. The lowest BCUT2D eigenvalue weighted by atomic mass is 10.1. The summed E-state index contributed by atoms with van der Waals surface area (Å²) in [7, 11) is 0. The van der Waals surface area contributed by atoms with E-state index in [1.165, 1.54) is 6.07 Å². The van der Waals surface area contributed by atoms with Gasteiger partial charge in [0, 0.05) is 18.5 Å². The van der Waals surface area contributed by atoms with E-state index < -0.39 is 11.7 Å². The summed E-state index contributed by atoms with van der Waals surface area (Å²) in [6.07, 6.45) is -3.76. The molecule has 20 heavy (non-hydrogen) atoms. The number of nitrogens with two attached hydrogens (primary N) is 1. The molecule has 0 saturated heterocycles. The Morgan fingerprint density at radius 1 is 1.50 bits per heavy atom. The first-order valence-electron chi connectivity index (χ1n) is 6.50. The molecule has 1 aromatic carbocycles. The van der Waals surface area contributed by atoms with Crippen LogP contribution in [0.1, 0.15) is 30.4 Å². The number of hydrogen-bond donors (Lipinski definition) is 2. The van der Waals surface area contributed by atoms with Crippen LogP contribution in [0.15, 0.2) is 24.3 Å². The minimum atomic E-state index is -4.35. The molecule has 1 aromatic rings. The smallest absolute Gasteiger partial charge is 0.352 e. The van der Waals surface area contributed by atoms with Gasteiger partial charge in [-0.05, 0) is 30.9 Å². The van der Waals surface area contributed by atoms with Crippen molar-refractivity contribution >= 4 is 5.91 Å². The van der Waals surface area contributed by atoms with Gasteiger partial charge in [0.15, 0.2) is 0 Å². The van der Waals surface area contributed by atoms with E-state index in [0.717, 1.165) is 12.1 Å². The second-order valence-electron chi connectivity index (χ2n) is 5.22. The van der Waals surface area contributed by atoms with Crippen LogP contribution in [0.25, 0.3) is 0 Å². The van der Waals surface area contributed by atoms with E-state index in [2.05, 4.69) is 5.32 Å². The molecule has 1 fully saturated rings. The lowest BCUT2D eigenvalue weighted by Gasteiger charge is -2.11. The van der Waals surface area contributed by atoms with Gasteiger partial charge in [-0.25, -0.2) is 0 Å². The largest absolute Gasteiger partial charge is 0.416 e. The zero-order valence-electron chi connectivity index (χ0n) is 11.1. The Bertz CT molecular complexity index is 501. The second-order valence-corrected chi connectivity index (χ2v) is 5.22. The standard InChI is InChI=1S/C14H17F3N2O/c1-8(7-18)19-13(20)12-6-11(12)9-3-2-4-10(5-9)14(15,16)17/h2-5,8,11-12H,6-7,18H2,1H3,(H,19,20)/t8-,11?,12?/m0/s1. The van der Waals surface area contributed by atoms with Gasteiger partial charge in [-0.3, -0.25) is 4.79 Å². The highest BCUT2D eigenvalue weighted by Gasteiger charge is 2.44. The summed E-state index contributed by atoms with van der Waals surface area (Å²) < 4.78 is 37.9. The fraction of sp³-hybridized carbons (Fsp3) is 0.500. The first kappa shape index (κ1) is 14.8. The van der Waals surface area contributed by atoms with E-state index in [1.54, 1.807) is 13.0 Å². The van der Waals surface area contributed by atoms with E-state index in [1.807, 2.05) is 0 Å². The Balaban J connectivity index is 2.03. The Hall–Kier alpha value is -1.56. The second kappa shape index (κ2) is 5.44. The zero-order chi connectivity index (χ0) is 14.9. The minimum absolute atomic E-state index is 0.120. The van der Waals surface area contributed by atoms with Crippen LogP contribution in [0.5, 0.6) is 0 Å². The summed E-state index contributed by atoms with van der Waals surface area (Å²) in [5, 5.41) is 2.75. The molecule has 0 radical (unpaired) electrons. The number of amides is 1. The van der Waals surface area contributed by atoms with E-state index in [0.29, 0.717) is 18.5 Å². The third-order valence-corrected chi connectivity index (χ3v) is 3.51. The lowest BCUT2D eigenvalue weighted by molar-refractivity contribution is -0.137. The van der Waals surface area contributed by atoms with Crippen molar-refractivity contribution in [1.82, 2.24) is 5.32 Å². The molecule has 0 heterocycles. The molecular weight excluding hydrogens is 269 g/mol. The maximum absolute atomic E-state index is 12.6. The Kier molecular flexibility index (Phi) is 4.04. The van der Waals surface area contributed by atoms with Gasteiger partial charge in [0.05, 0.1) is 5.56 Å².